The third-order valence-corrected chi connectivity index (χ3v) is 4.20. The molecule has 0 fully saturated rings. The second kappa shape index (κ2) is 8.89. The molecule has 0 aliphatic rings. The molecule has 1 aromatic heterocycles. The van der Waals surface area contributed by atoms with E-state index in [1.165, 1.54) is 11.6 Å². The molecule has 2 aromatic carbocycles. The van der Waals surface area contributed by atoms with Gasteiger partial charge in [-0.1, -0.05) is 43.3 Å². The number of aromatic nitrogens is 2. The molecular weight excluding hydrogens is 343 g/mol. The van der Waals surface area contributed by atoms with Crippen molar-refractivity contribution < 1.29 is 9.18 Å². The van der Waals surface area contributed by atoms with Gasteiger partial charge in [-0.15, -0.1) is 10.2 Å². The number of carbonyl (C=O) groups is 1. The Labute approximate surface area is 157 Å². The summed E-state index contributed by atoms with van der Waals surface area (Å²) in [6, 6.07) is 17.8. The maximum Gasteiger partial charge on any atom is 0.271 e. The van der Waals surface area contributed by atoms with Crippen LogP contribution in [0, 0.1) is 5.82 Å². The lowest BCUT2D eigenvalue weighted by Gasteiger charge is -2.10. The van der Waals surface area contributed by atoms with Crippen molar-refractivity contribution in [1.82, 2.24) is 15.5 Å². The number of hydrogen-bond donors (Lipinski definition) is 2. The number of amides is 1. The summed E-state index contributed by atoms with van der Waals surface area (Å²) in [7, 11) is 0. The second-order valence-electron chi connectivity index (χ2n) is 6.04. The number of nitrogens with zero attached hydrogens (tertiary/aromatic N) is 2. The van der Waals surface area contributed by atoms with Gasteiger partial charge in [0.15, 0.2) is 11.5 Å². The molecule has 6 heteroatoms. The fraction of sp³-hybridized carbons (Fsp3) is 0.190. The van der Waals surface area contributed by atoms with Gasteiger partial charge in [0.2, 0.25) is 0 Å². The van der Waals surface area contributed by atoms with Crippen molar-refractivity contribution in [2.45, 2.75) is 19.8 Å². The van der Waals surface area contributed by atoms with Crippen molar-refractivity contribution in [2.24, 2.45) is 0 Å². The Morgan fingerprint density at radius 1 is 0.963 bits per heavy atom. The molecule has 1 heterocycles. The second-order valence-corrected chi connectivity index (χ2v) is 6.04. The first-order valence-corrected chi connectivity index (χ1v) is 8.87. The van der Waals surface area contributed by atoms with Crippen molar-refractivity contribution in [2.75, 3.05) is 11.9 Å². The van der Waals surface area contributed by atoms with E-state index in [1.54, 1.807) is 30.3 Å². The average Bonchev–Trinajstić information content (AvgIpc) is 2.70. The summed E-state index contributed by atoms with van der Waals surface area (Å²) in [5.41, 5.74) is 2.93. The van der Waals surface area contributed by atoms with Crippen molar-refractivity contribution in [3.8, 4) is 0 Å². The molecular formula is C21H21FN4O. The molecule has 1 amide bonds. The zero-order chi connectivity index (χ0) is 19.1. The lowest BCUT2D eigenvalue weighted by atomic mass is 10.1. The molecule has 0 atom stereocenters. The number of hydrogen-bond acceptors (Lipinski definition) is 4. The van der Waals surface area contributed by atoms with E-state index in [2.05, 4.69) is 27.8 Å². The highest BCUT2D eigenvalue weighted by Gasteiger charge is 2.09. The third kappa shape index (κ3) is 4.88. The van der Waals surface area contributed by atoms with Crippen LogP contribution in [0.5, 0.6) is 0 Å². The molecule has 27 heavy (non-hydrogen) atoms. The van der Waals surface area contributed by atoms with Gasteiger partial charge in [0.05, 0.1) is 0 Å². The van der Waals surface area contributed by atoms with Gasteiger partial charge in [0.25, 0.3) is 5.91 Å². The van der Waals surface area contributed by atoms with E-state index in [0.29, 0.717) is 24.3 Å². The highest BCUT2D eigenvalue weighted by atomic mass is 19.1. The van der Waals surface area contributed by atoms with Crippen molar-refractivity contribution >= 4 is 17.4 Å². The zero-order valence-electron chi connectivity index (χ0n) is 15.1. The van der Waals surface area contributed by atoms with E-state index >= 15 is 0 Å². The Balaban J connectivity index is 1.56. The number of aryl methyl sites for hydroxylation is 1. The lowest BCUT2D eigenvalue weighted by Crippen LogP contribution is -2.27. The van der Waals surface area contributed by atoms with Crippen molar-refractivity contribution in [3.05, 3.63) is 83.3 Å². The topological polar surface area (TPSA) is 66.9 Å². The first kappa shape index (κ1) is 18.5. The highest BCUT2D eigenvalue weighted by molar-refractivity contribution is 5.92. The minimum atomic E-state index is -0.334. The Morgan fingerprint density at radius 3 is 2.41 bits per heavy atom. The van der Waals surface area contributed by atoms with Crippen molar-refractivity contribution in [3.63, 3.8) is 0 Å². The maximum absolute atomic E-state index is 13.6. The fourth-order valence-corrected chi connectivity index (χ4v) is 2.71. The molecule has 0 bridgehead atoms. The lowest BCUT2D eigenvalue weighted by molar-refractivity contribution is 0.0948. The van der Waals surface area contributed by atoms with Crippen LogP contribution in [0.3, 0.4) is 0 Å². The standard InChI is InChI=1S/C21H21FN4O/c1-2-15-7-4-6-10-18(15)24-20-12-11-19(25-26-20)21(27)23-14-13-16-8-3-5-9-17(16)22/h3-12H,2,13-14H2,1H3,(H,23,27)(H,24,26). The maximum atomic E-state index is 13.6. The molecule has 5 nitrogen and oxygen atoms in total. The molecule has 0 spiro atoms. The molecule has 2 N–H and O–H groups in total. The molecule has 0 unspecified atom stereocenters. The van der Waals surface area contributed by atoms with Crippen LogP contribution in [0.1, 0.15) is 28.5 Å². The summed E-state index contributed by atoms with van der Waals surface area (Å²) in [4.78, 5) is 12.2. The Morgan fingerprint density at radius 2 is 1.70 bits per heavy atom. The van der Waals surface area contributed by atoms with Gasteiger partial charge in [0.1, 0.15) is 5.82 Å². The summed E-state index contributed by atoms with van der Waals surface area (Å²) >= 11 is 0. The van der Waals surface area contributed by atoms with E-state index in [0.717, 1.165) is 12.1 Å². The van der Waals surface area contributed by atoms with Crippen LogP contribution in [0.15, 0.2) is 60.7 Å². The zero-order valence-corrected chi connectivity index (χ0v) is 15.1. The SMILES string of the molecule is CCc1ccccc1Nc1ccc(C(=O)NCCc2ccccc2F)nn1. The number of anilines is 2. The molecule has 0 aliphatic heterocycles. The Bertz CT molecular complexity index is 912. The molecule has 0 saturated heterocycles. The van der Waals surface area contributed by atoms with E-state index in [4.69, 9.17) is 0 Å². The monoisotopic (exact) mass is 364 g/mol. The normalized spacial score (nSPS) is 10.4. The Hall–Kier alpha value is -3.28. The van der Waals surface area contributed by atoms with E-state index in [9.17, 15) is 9.18 Å². The Kier molecular flexibility index (Phi) is 6.10. The molecule has 3 aromatic rings. The summed E-state index contributed by atoms with van der Waals surface area (Å²) < 4.78 is 13.6. The third-order valence-electron chi connectivity index (χ3n) is 4.20. The van der Waals surface area contributed by atoms with Crippen LogP contribution >= 0.6 is 0 Å². The van der Waals surface area contributed by atoms with E-state index < -0.39 is 0 Å². The summed E-state index contributed by atoms with van der Waals surface area (Å²) in [6.07, 6.45) is 1.32. The molecule has 0 saturated carbocycles. The van der Waals surface area contributed by atoms with Crippen LogP contribution in [0.4, 0.5) is 15.9 Å². The predicted molar refractivity (Wildman–Crippen MR) is 104 cm³/mol. The molecule has 138 valence electrons. The summed E-state index contributed by atoms with van der Waals surface area (Å²) in [5.74, 6) is -0.0347. The predicted octanol–water partition coefficient (Wildman–Crippen LogP) is 3.89. The van der Waals surface area contributed by atoms with Gasteiger partial charge < -0.3 is 10.6 Å². The number of benzene rings is 2. The quantitative estimate of drug-likeness (QED) is 0.667. The van der Waals surface area contributed by atoms with Gasteiger partial charge in [-0.05, 0) is 48.2 Å². The number of halogens is 1. The van der Waals surface area contributed by atoms with Crippen LogP contribution in [0.2, 0.25) is 0 Å². The number of rotatable bonds is 7. The molecule has 0 aliphatic carbocycles. The minimum Gasteiger partial charge on any atom is -0.350 e. The average molecular weight is 364 g/mol. The molecule has 0 radical (unpaired) electrons. The van der Waals surface area contributed by atoms with Gasteiger partial charge in [-0.2, -0.15) is 0 Å². The van der Waals surface area contributed by atoms with E-state index in [1.807, 2.05) is 24.3 Å². The van der Waals surface area contributed by atoms with Gasteiger partial charge in [-0.25, -0.2) is 4.39 Å². The van der Waals surface area contributed by atoms with Gasteiger partial charge in [-0.3, -0.25) is 4.79 Å². The number of carbonyl (C=O) groups excluding carboxylic acids is 1. The van der Waals surface area contributed by atoms with Crippen molar-refractivity contribution in [1.29, 1.82) is 0 Å². The van der Waals surface area contributed by atoms with Gasteiger partial charge >= 0.3 is 0 Å². The van der Waals surface area contributed by atoms with Gasteiger partial charge in [0, 0.05) is 12.2 Å². The number of nitrogens with one attached hydrogen (secondary N) is 2. The first-order valence-electron chi connectivity index (χ1n) is 8.87. The van der Waals surface area contributed by atoms with Crippen LogP contribution < -0.4 is 10.6 Å². The van der Waals surface area contributed by atoms with Crippen LogP contribution in [0.25, 0.3) is 0 Å². The first-order chi connectivity index (χ1) is 13.2. The number of para-hydroxylation sites is 1. The smallest absolute Gasteiger partial charge is 0.271 e. The highest BCUT2D eigenvalue weighted by Crippen LogP contribution is 2.19. The van der Waals surface area contributed by atoms with Crippen LogP contribution in [-0.4, -0.2) is 22.6 Å². The van der Waals surface area contributed by atoms with Crippen LogP contribution in [-0.2, 0) is 12.8 Å². The summed E-state index contributed by atoms with van der Waals surface area (Å²) in [6.45, 7) is 2.41. The van der Waals surface area contributed by atoms with E-state index in [-0.39, 0.29) is 17.4 Å². The minimum absolute atomic E-state index is 0.220. The fourth-order valence-electron chi connectivity index (χ4n) is 2.71. The largest absolute Gasteiger partial charge is 0.350 e. The molecule has 3 rings (SSSR count). The summed E-state index contributed by atoms with van der Waals surface area (Å²) in [5, 5.41) is 14.0.